The zero-order valence-electron chi connectivity index (χ0n) is 17.1. The lowest BCUT2D eigenvalue weighted by Crippen LogP contribution is -2.29. The lowest BCUT2D eigenvalue weighted by molar-refractivity contribution is -0.140. The van der Waals surface area contributed by atoms with Crippen molar-refractivity contribution in [2.24, 2.45) is 0 Å². The molecule has 0 aliphatic carbocycles. The van der Waals surface area contributed by atoms with E-state index in [9.17, 15) is 14.7 Å². The largest absolute Gasteiger partial charge is 0.507 e. The average molecular weight is 428 g/mol. The number of likely N-dealkylation sites (tertiary alicyclic amines) is 1. The molecule has 0 unspecified atom stereocenters. The van der Waals surface area contributed by atoms with E-state index in [1.165, 1.54) is 4.90 Å². The van der Waals surface area contributed by atoms with Gasteiger partial charge in [-0.3, -0.25) is 14.6 Å². The predicted molar refractivity (Wildman–Crippen MR) is 116 cm³/mol. The molecule has 3 heterocycles. The van der Waals surface area contributed by atoms with Crippen molar-refractivity contribution in [1.29, 1.82) is 0 Å². The smallest absolute Gasteiger partial charge is 0.295 e. The molecule has 1 N–H and O–H groups in total. The van der Waals surface area contributed by atoms with Crippen molar-refractivity contribution >= 4 is 17.4 Å². The number of Topliss-reactive ketones (excluding diaryl/α,β-unsaturated/α-hetero) is 1. The van der Waals surface area contributed by atoms with Crippen molar-refractivity contribution in [3.8, 4) is 11.5 Å². The first kappa shape index (κ1) is 19.8. The first-order valence-corrected chi connectivity index (χ1v) is 10.3. The molecule has 160 valence electrons. The normalized spacial score (nSPS) is 19.2. The highest BCUT2D eigenvalue weighted by Gasteiger charge is 2.46. The van der Waals surface area contributed by atoms with E-state index in [1.807, 2.05) is 30.3 Å². The van der Waals surface area contributed by atoms with Crippen molar-refractivity contribution in [3.63, 3.8) is 0 Å². The van der Waals surface area contributed by atoms with Crippen LogP contribution in [0.4, 0.5) is 0 Å². The maximum atomic E-state index is 13.1. The molecular formula is C25H20N2O5. The summed E-state index contributed by atoms with van der Waals surface area (Å²) in [5.41, 5.74) is 1.99. The monoisotopic (exact) mass is 428 g/mol. The minimum absolute atomic E-state index is 0.0359. The van der Waals surface area contributed by atoms with Crippen LogP contribution in [0.15, 0.2) is 78.6 Å². The molecule has 0 saturated carbocycles. The second-order valence-electron chi connectivity index (χ2n) is 7.55. The quantitative estimate of drug-likeness (QED) is 0.389. The van der Waals surface area contributed by atoms with Gasteiger partial charge in [-0.15, -0.1) is 0 Å². The highest BCUT2D eigenvalue weighted by molar-refractivity contribution is 6.46. The lowest BCUT2D eigenvalue weighted by Gasteiger charge is -2.25. The minimum Gasteiger partial charge on any atom is -0.507 e. The second-order valence-corrected chi connectivity index (χ2v) is 7.55. The van der Waals surface area contributed by atoms with Crippen LogP contribution in [-0.4, -0.2) is 39.9 Å². The molecule has 3 aromatic rings. The number of carbonyl (C=O) groups excluding carboxylic acids is 2. The maximum Gasteiger partial charge on any atom is 0.295 e. The van der Waals surface area contributed by atoms with Crippen molar-refractivity contribution in [2.75, 3.05) is 13.2 Å². The summed E-state index contributed by atoms with van der Waals surface area (Å²) in [4.78, 5) is 31.7. The van der Waals surface area contributed by atoms with Gasteiger partial charge in [0.05, 0.1) is 11.6 Å². The SMILES string of the molecule is O=C1C(=O)N(Cc2ccccc2)[C@H](c2ccncc2)C1=C(O)c1ccc2c(c1)OCCO2. The van der Waals surface area contributed by atoms with Crippen molar-refractivity contribution in [1.82, 2.24) is 9.88 Å². The van der Waals surface area contributed by atoms with Crippen molar-refractivity contribution in [3.05, 3.63) is 95.3 Å². The van der Waals surface area contributed by atoms with Crippen LogP contribution >= 0.6 is 0 Å². The number of benzene rings is 2. The summed E-state index contributed by atoms with van der Waals surface area (Å²) in [5, 5.41) is 11.2. The minimum atomic E-state index is -0.744. The van der Waals surface area contributed by atoms with Gasteiger partial charge >= 0.3 is 0 Å². The summed E-state index contributed by atoms with van der Waals surface area (Å²) in [6.45, 7) is 1.08. The average Bonchev–Trinajstić information content (AvgIpc) is 3.09. The van der Waals surface area contributed by atoms with Gasteiger partial charge in [-0.25, -0.2) is 0 Å². The number of fused-ring (bicyclic) bond motifs is 1. The molecule has 1 fully saturated rings. The number of hydrogen-bond acceptors (Lipinski definition) is 6. The van der Waals surface area contributed by atoms with Crippen molar-refractivity contribution < 1.29 is 24.2 Å². The molecular weight excluding hydrogens is 408 g/mol. The number of carbonyl (C=O) groups is 2. The topological polar surface area (TPSA) is 89.0 Å². The third kappa shape index (κ3) is 3.47. The number of aliphatic hydroxyl groups is 1. The fourth-order valence-electron chi connectivity index (χ4n) is 4.06. The van der Waals surface area contributed by atoms with Crippen LogP contribution in [-0.2, 0) is 16.1 Å². The third-order valence-corrected chi connectivity index (χ3v) is 5.57. The zero-order chi connectivity index (χ0) is 22.1. The van der Waals surface area contributed by atoms with E-state index in [0.717, 1.165) is 5.56 Å². The summed E-state index contributed by atoms with van der Waals surface area (Å²) in [7, 11) is 0. The van der Waals surface area contributed by atoms with Gasteiger partial charge in [0.25, 0.3) is 11.7 Å². The van der Waals surface area contributed by atoms with Crippen LogP contribution in [0.1, 0.15) is 22.7 Å². The molecule has 32 heavy (non-hydrogen) atoms. The van der Waals surface area contributed by atoms with Crippen LogP contribution in [0, 0.1) is 0 Å². The van der Waals surface area contributed by atoms with E-state index in [4.69, 9.17) is 9.47 Å². The molecule has 7 nitrogen and oxygen atoms in total. The van der Waals surface area contributed by atoms with Gasteiger partial charge in [0.15, 0.2) is 11.5 Å². The Morgan fingerprint density at radius 3 is 2.44 bits per heavy atom. The number of ketones is 1. The van der Waals surface area contributed by atoms with E-state index >= 15 is 0 Å². The third-order valence-electron chi connectivity index (χ3n) is 5.57. The Balaban J connectivity index is 1.62. The first-order chi connectivity index (χ1) is 15.6. The lowest BCUT2D eigenvalue weighted by atomic mass is 9.95. The summed E-state index contributed by atoms with van der Waals surface area (Å²) in [6, 6.07) is 17.1. The molecule has 0 spiro atoms. The van der Waals surface area contributed by atoms with Crippen LogP contribution in [0.3, 0.4) is 0 Å². The Morgan fingerprint density at radius 2 is 1.69 bits per heavy atom. The molecule has 0 bridgehead atoms. The number of amides is 1. The molecule has 7 heteroatoms. The molecule has 1 amide bonds. The Labute approximate surface area is 184 Å². The van der Waals surface area contributed by atoms with E-state index < -0.39 is 17.7 Å². The molecule has 1 saturated heterocycles. The number of nitrogens with zero attached hydrogens (tertiary/aromatic N) is 2. The maximum absolute atomic E-state index is 13.1. The van der Waals surface area contributed by atoms with Crippen LogP contribution in [0.5, 0.6) is 11.5 Å². The molecule has 1 atom stereocenters. The van der Waals surface area contributed by atoms with Gasteiger partial charge in [-0.05, 0) is 41.5 Å². The zero-order valence-corrected chi connectivity index (χ0v) is 17.1. The summed E-state index contributed by atoms with van der Waals surface area (Å²) >= 11 is 0. The van der Waals surface area contributed by atoms with Crippen molar-refractivity contribution in [2.45, 2.75) is 12.6 Å². The van der Waals surface area contributed by atoms with E-state index in [0.29, 0.717) is 35.8 Å². The summed E-state index contributed by atoms with van der Waals surface area (Å²) in [5.74, 6) is -0.579. The molecule has 1 aromatic heterocycles. The molecule has 5 rings (SSSR count). The number of aliphatic hydroxyl groups excluding tert-OH is 1. The van der Waals surface area contributed by atoms with Gasteiger partial charge < -0.3 is 19.5 Å². The van der Waals surface area contributed by atoms with Crippen LogP contribution < -0.4 is 9.47 Å². The van der Waals surface area contributed by atoms with E-state index in [-0.39, 0.29) is 17.9 Å². The van der Waals surface area contributed by atoms with Gasteiger partial charge in [0, 0.05) is 24.5 Å². The second kappa shape index (κ2) is 8.19. The standard InChI is InChI=1S/C25H20N2O5/c28-23(18-6-7-19-20(14-18)32-13-12-31-19)21-22(17-8-10-26-11-9-17)27(25(30)24(21)29)15-16-4-2-1-3-5-16/h1-11,14,22,28H,12-13,15H2/t22-/m1/s1. The summed E-state index contributed by atoms with van der Waals surface area (Å²) in [6.07, 6.45) is 3.20. The highest BCUT2D eigenvalue weighted by Crippen LogP contribution is 2.41. The molecule has 2 aliphatic rings. The predicted octanol–water partition coefficient (Wildman–Crippen LogP) is 3.47. The molecule has 2 aliphatic heterocycles. The number of pyridine rings is 1. The first-order valence-electron chi connectivity index (χ1n) is 10.3. The Bertz CT molecular complexity index is 1210. The van der Waals surface area contributed by atoms with E-state index in [1.54, 1.807) is 42.7 Å². The molecule has 2 aromatic carbocycles. The Hall–Kier alpha value is -4.13. The number of aromatic nitrogens is 1. The number of rotatable bonds is 4. The Kier molecular flexibility index (Phi) is 5.07. The van der Waals surface area contributed by atoms with Gasteiger partial charge in [-0.2, -0.15) is 0 Å². The van der Waals surface area contributed by atoms with Gasteiger partial charge in [-0.1, -0.05) is 30.3 Å². The van der Waals surface area contributed by atoms with Gasteiger partial charge in [0.2, 0.25) is 0 Å². The highest BCUT2D eigenvalue weighted by atomic mass is 16.6. The van der Waals surface area contributed by atoms with Crippen LogP contribution in [0.25, 0.3) is 5.76 Å². The summed E-state index contributed by atoms with van der Waals surface area (Å²) < 4.78 is 11.1. The fourth-order valence-corrected chi connectivity index (χ4v) is 4.06. The fraction of sp³-hybridized carbons (Fsp3) is 0.160. The number of ether oxygens (including phenoxy) is 2. The van der Waals surface area contributed by atoms with Crippen LogP contribution in [0.2, 0.25) is 0 Å². The van der Waals surface area contributed by atoms with Gasteiger partial charge in [0.1, 0.15) is 19.0 Å². The number of hydrogen-bond donors (Lipinski definition) is 1. The Morgan fingerprint density at radius 1 is 0.969 bits per heavy atom. The molecule has 0 radical (unpaired) electrons. The van der Waals surface area contributed by atoms with E-state index in [2.05, 4.69) is 4.98 Å².